The van der Waals surface area contributed by atoms with Gasteiger partial charge in [0.15, 0.2) is 0 Å². The Morgan fingerprint density at radius 2 is 2.12 bits per heavy atom. The summed E-state index contributed by atoms with van der Waals surface area (Å²) in [4.78, 5) is 0. The third-order valence-electron chi connectivity index (χ3n) is 3.37. The molecule has 17 heavy (non-hydrogen) atoms. The number of anilines is 1. The molecule has 0 spiro atoms. The van der Waals surface area contributed by atoms with Gasteiger partial charge >= 0.3 is 0 Å². The lowest BCUT2D eigenvalue weighted by Crippen LogP contribution is -2.39. The second-order valence-electron chi connectivity index (χ2n) is 4.57. The van der Waals surface area contributed by atoms with Crippen LogP contribution in [0.1, 0.15) is 31.2 Å². The van der Waals surface area contributed by atoms with Crippen molar-refractivity contribution in [3.8, 4) is 6.07 Å². The number of hydrogen-bond donors (Lipinski definition) is 2. The smallest absolute Gasteiger partial charge is 0.101 e. The van der Waals surface area contributed by atoms with Crippen LogP contribution in [0.25, 0.3) is 0 Å². The minimum atomic E-state index is -0.244. The Labute approximate surface area is 110 Å². The van der Waals surface area contributed by atoms with Crippen molar-refractivity contribution in [3.05, 3.63) is 28.2 Å². The first-order valence-corrected chi connectivity index (χ1v) is 6.57. The first-order chi connectivity index (χ1) is 8.19. The van der Waals surface area contributed by atoms with Crippen LogP contribution in [0.3, 0.4) is 0 Å². The molecular weight excluding hydrogens is 280 g/mol. The van der Waals surface area contributed by atoms with Gasteiger partial charge in [-0.25, -0.2) is 0 Å². The highest BCUT2D eigenvalue weighted by atomic mass is 79.9. The molecule has 0 saturated heterocycles. The summed E-state index contributed by atoms with van der Waals surface area (Å²) in [6, 6.07) is 7.71. The Balaban J connectivity index is 2.28. The van der Waals surface area contributed by atoms with Crippen molar-refractivity contribution in [1.29, 1.82) is 5.26 Å². The number of aliphatic hydroxyl groups excluding tert-OH is 1. The third kappa shape index (κ3) is 2.62. The number of benzene rings is 1. The fourth-order valence-corrected chi connectivity index (χ4v) is 2.74. The fourth-order valence-electron chi connectivity index (χ4n) is 2.38. The molecular formula is C13H15BrN2O. The van der Waals surface area contributed by atoms with Gasteiger partial charge in [-0.1, -0.05) is 28.8 Å². The van der Waals surface area contributed by atoms with Gasteiger partial charge in [0.05, 0.1) is 23.4 Å². The summed E-state index contributed by atoms with van der Waals surface area (Å²) in [6.45, 7) is 0.115. The summed E-state index contributed by atoms with van der Waals surface area (Å²) in [5.74, 6) is 0. The molecule has 90 valence electrons. The van der Waals surface area contributed by atoms with Crippen LogP contribution in [-0.4, -0.2) is 17.3 Å². The molecule has 0 heterocycles. The van der Waals surface area contributed by atoms with E-state index in [9.17, 15) is 5.11 Å². The lowest BCUT2D eigenvalue weighted by atomic mass is 9.97. The Kier molecular flexibility index (Phi) is 3.70. The van der Waals surface area contributed by atoms with E-state index in [-0.39, 0.29) is 12.1 Å². The van der Waals surface area contributed by atoms with Gasteiger partial charge in [-0.15, -0.1) is 0 Å². The standard InChI is InChI=1S/C13H15BrN2O/c14-11-4-3-10(8-15)12(7-11)16-13(9-17)5-1-2-6-13/h3-4,7,16-17H,1-2,5-6,9H2. The van der Waals surface area contributed by atoms with E-state index >= 15 is 0 Å². The molecule has 0 atom stereocenters. The number of nitrogens with zero attached hydrogens (tertiary/aromatic N) is 1. The number of rotatable bonds is 3. The molecule has 0 unspecified atom stereocenters. The quantitative estimate of drug-likeness (QED) is 0.901. The van der Waals surface area contributed by atoms with Crippen LogP contribution in [0.4, 0.5) is 5.69 Å². The van der Waals surface area contributed by atoms with Crippen LogP contribution in [-0.2, 0) is 0 Å². The van der Waals surface area contributed by atoms with Crippen molar-refractivity contribution in [3.63, 3.8) is 0 Å². The summed E-state index contributed by atoms with van der Waals surface area (Å²) in [5.41, 5.74) is 1.18. The number of aliphatic hydroxyl groups is 1. The van der Waals surface area contributed by atoms with Crippen molar-refractivity contribution in [1.82, 2.24) is 0 Å². The van der Waals surface area contributed by atoms with Crippen LogP contribution in [0.2, 0.25) is 0 Å². The zero-order chi connectivity index (χ0) is 12.3. The maximum atomic E-state index is 9.55. The molecule has 0 radical (unpaired) electrons. The Hall–Kier alpha value is -1.05. The molecule has 1 aromatic carbocycles. The highest BCUT2D eigenvalue weighted by Crippen LogP contribution is 2.34. The zero-order valence-electron chi connectivity index (χ0n) is 9.54. The van der Waals surface area contributed by atoms with Gasteiger partial charge in [-0.05, 0) is 31.0 Å². The van der Waals surface area contributed by atoms with Crippen molar-refractivity contribution < 1.29 is 5.11 Å². The van der Waals surface area contributed by atoms with E-state index in [0.29, 0.717) is 5.56 Å². The number of hydrogen-bond acceptors (Lipinski definition) is 3. The minimum Gasteiger partial charge on any atom is -0.394 e. The highest BCUT2D eigenvalue weighted by molar-refractivity contribution is 9.10. The van der Waals surface area contributed by atoms with Gasteiger partial charge in [0.2, 0.25) is 0 Å². The summed E-state index contributed by atoms with van der Waals surface area (Å²) in [7, 11) is 0. The SMILES string of the molecule is N#Cc1ccc(Br)cc1NC1(CO)CCCC1. The van der Waals surface area contributed by atoms with Gasteiger partial charge < -0.3 is 10.4 Å². The van der Waals surface area contributed by atoms with Gasteiger partial charge in [-0.3, -0.25) is 0 Å². The van der Waals surface area contributed by atoms with Crippen LogP contribution >= 0.6 is 15.9 Å². The first-order valence-electron chi connectivity index (χ1n) is 5.78. The molecule has 1 aliphatic rings. The van der Waals surface area contributed by atoms with Gasteiger partial charge in [0.1, 0.15) is 6.07 Å². The van der Waals surface area contributed by atoms with Crippen LogP contribution in [0.5, 0.6) is 0 Å². The molecule has 1 aromatic rings. The zero-order valence-corrected chi connectivity index (χ0v) is 11.1. The molecule has 1 saturated carbocycles. The average molecular weight is 295 g/mol. The number of nitriles is 1. The van der Waals surface area contributed by atoms with Crippen LogP contribution in [0.15, 0.2) is 22.7 Å². The summed E-state index contributed by atoms with van der Waals surface area (Å²) in [6.07, 6.45) is 4.18. The molecule has 0 aliphatic heterocycles. The molecule has 0 bridgehead atoms. The van der Waals surface area contributed by atoms with E-state index in [0.717, 1.165) is 35.8 Å². The molecule has 4 heteroatoms. The number of halogens is 1. The number of nitrogens with one attached hydrogen (secondary N) is 1. The molecule has 3 nitrogen and oxygen atoms in total. The Morgan fingerprint density at radius 1 is 1.41 bits per heavy atom. The van der Waals surface area contributed by atoms with E-state index in [1.807, 2.05) is 12.1 Å². The van der Waals surface area contributed by atoms with Crippen LogP contribution in [0, 0.1) is 11.3 Å². The summed E-state index contributed by atoms with van der Waals surface area (Å²) in [5, 5.41) is 22.0. The molecule has 1 aliphatic carbocycles. The lowest BCUT2D eigenvalue weighted by molar-refractivity contribution is 0.214. The first kappa shape index (κ1) is 12.4. The van der Waals surface area contributed by atoms with E-state index in [2.05, 4.69) is 27.3 Å². The monoisotopic (exact) mass is 294 g/mol. The van der Waals surface area contributed by atoms with E-state index < -0.39 is 0 Å². The minimum absolute atomic E-state index is 0.115. The molecule has 0 amide bonds. The van der Waals surface area contributed by atoms with Crippen molar-refractivity contribution >= 4 is 21.6 Å². The summed E-state index contributed by atoms with van der Waals surface area (Å²) < 4.78 is 0.935. The lowest BCUT2D eigenvalue weighted by Gasteiger charge is -2.29. The molecule has 0 aromatic heterocycles. The molecule has 1 fully saturated rings. The largest absolute Gasteiger partial charge is 0.394 e. The topological polar surface area (TPSA) is 56.0 Å². The average Bonchev–Trinajstić information content (AvgIpc) is 2.79. The fraction of sp³-hybridized carbons (Fsp3) is 0.462. The van der Waals surface area contributed by atoms with E-state index in [1.165, 1.54) is 0 Å². The normalized spacial score (nSPS) is 17.7. The van der Waals surface area contributed by atoms with Crippen molar-refractivity contribution in [2.45, 2.75) is 31.2 Å². The van der Waals surface area contributed by atoms with E-state index in [1.54, 1.807) is 6.07 Å². The summed E-state index contributed by atoms with van der Waals surface area (Å²) >= 11 is 3.40. The van der Waals surface area contributed by atoms with Crippen molar-refractivity contribution in [2.24, 2.45) is 0 Å². The second kappa shape index (κ2) is 5.07. The second-order valence-corrected chi connectivity index (χ2v) is 5.49. The van der Waals surface area contributed by atoms with Crippen LogP contribution < -0.4 is 5.32 Å². The van der Waals surface area contributed by atoms with E-state index in [4.69, 9.17) is 5.26 Å². The maximum Gasteiger partial charge on any atom is 0.101 e. The van der Waals surface area contributed by atoms with Gasteiger partial charge in [0.25, 0.3) is 0 Å². The molecule has 2 rings (SSSR count). The van der Waals surface area contributed by atoms with Gasteiger partial charge in [-0.2, -0.15) is 5.26 Å². The van der Waals surface area contributed by atoms with Gasteiger partial charge in [0, 0.05) is 4.47 Å². The Morgan fingerprint density at radius 3 is 2.71 bits per heavy atom. The predicted octanol–water partition coefficient (Wildman–Crippen LogP) is 3.04. The third-order valence-corrected chi connectivity index (χ3v) is 3.86. The highest BCUT2D eigenvalue weighted by Gasteiger charge is 2.33. The molecule has 2 N–H and O–H groups in total. The Bertz CT molecular complexity index is 447. The van der Waals surface area contributed by atoms with Crippen molar-refractivity contribution in [2.75, 3.05) is 11.9 Å². The predicted molar refractivity (Wildman–Crippen MR) is 70.8 cm³/mol. The maximum absolute atomic E-state index is 9.55.